The smallest absolute Gasteiger partial charge is 0.343 e. The van der Waals surface area contributed by atoms with Gasteiger partial charge in [0.05, 0.1) is 12.2 Å². The molecule has 31 heavy (non-hydrogen) atoms. The van der Waals surface area contributed by atoms with Crippen LogP contribution in [0.25, 0.3) is 0 Å². The van der Waals surface area contributed by atoms with Crippen molar-refractivity contribution in [1.82, 2.24) is 0 Å². The molecule has 4 nitrogen and oxygen atoms in total. The van der Waals surface area contributed by atoms with Gasteiger partial charge in [-0.05, 0) is 72.9 Å². The number of hydrogen-bond donors (Lipinski definition) is 0. The summed E-state index contributed by atoms with van der Waals surface area (Å²) in [7, 11) is 0. The van der Waals surface area contributed by atoms with Gasteiger partial charge in [0, 0.05) is 12.5 Å². The minimum absolute atomic E-state index is 0.279. The Kier molecular flexibility index (Phi) is 8.45. The second-order valence-electron chi connectivity index (χ2n) is 8.28. The Labute approximate surface area is 185 Å². The molecular weight excluding hydrogens is 388 g/mol. The maximum absolute atomic E-state index is 12.4. The number of rotatable bonds is 9. The van der Waals surface area contributed by atoms with E-state index in [0.717, 1.165) is 17.6 Å². The molecule has 0 aliphatic heterocycles. The van der Waals surface area contributed by atoms with E-state index in [1.54, 1.807) is 12.1 Å². The third kappa shape index (κ3) is 6.81. The minimum atomic E-state index is -0.435. The average molecular weight is 421 g/mol. The molecule has 1 fully saturated rings. The Morgan fingerprint density at radius 3 is 2.29 bits per heavy atom. The third-order valence-corrected chi connectivity index (χ3v) is 6.10. The van der Waals surface area contributed by atoms with Crippen LogP contribution in [0.2, 0.25) is 0 Å². The number of benzene rings is 2. The van der Waals surface area contributed by atoms with Crippen LogP contribution in [0.5, 0.6) is 5.75 Å². The van der Waals surface area contributed by atoms with Crippen LogP contribution in [-0.2, 0) is 16.0 Å². The number of hydrogen-bond acceptors (Lipinski definition) is 4. The van der Waals surface area contributed by atoms with Crippen molar-refractivity contribution in [1.29, 1.82) is 0 Å². The lowest BCUT2D eigenvalue weighted by atomic mass is 9.77. The molecule has 0 saturated heterocycles. The Morgan fingerprint density at radius 2 is 1.68 bits per heavy atom. The van der Waals surface area contributed by atoms with Gasteiger partial charge in [-0.3, -0.25) is 0 Å². The number of ether oxygens (including phenoxy) is 2. The molecule has 1 aliphatic rings. The van der Waals surface area contributed by atoms with Crippen LogP contribution in [0.3, 0.4) is 0 Å². The fourth-order valence-corrected chi connectivity index (χ4v) is 4.30. The average Bonchev–Trinajstić information content (AvgIpc) is 2.80. The zero-order valence-electron chi connectivity index (χ0n) is 18.3. The lowest BCUT2D eigenvalue weighted by Crippen LogP contribution is -2.13. The van der Waals surface area contributed by atoms with Crippen molar-refractivity contribution in [3.05, 3.63) is 77.9 Å². The lowest BCUT2D eigenvalue weighted by Gasteiger charge is -2.28. The standard InChI is InChI=1S/C27H32O4/c1-3-5-20-6-10-22(11-7-20)23-14-16-25(17-15-23)31-27(29)24-12-8-21(9-13-24)18-19-30-26(28)4-2/h4,8-9,12-17,20,22H,2-3,5-7,10-11,18-19H2,1H3. The van der Waals surface area contributed by atoms with Crippen molar-refractivity contribution in [2.45, 2.75) is 57.8 Å². The van der Waals surface area contributed by atoms with Crippen LogP contribution < -0.4 is 4.74 Å². The fourth-order valence-electron chi connectivity index (χ4n) is 4.30. The van der Waals surface area contributed by atoms with Crippen LogP contribution in [0, 0.1) is 5.92 Å². The maximum atomic E-state index is 12.4. The Balaban J connectivity index is 1.49. The predicted octanol–water partition coefficient (Wildman–Crippen LogP) is 6.25. The van der Waals surface area contributed by atoms with Gasteiger partial charge in [-0.2, -0.15) is 0 Å². The van der Waals surface area contributed by atoms with Gasteiger partial charge in [0.15, 0.2) is 0 Å². The first-order valence-electron chi connectivity index (χ1n) is 11.3. The van der Waals surface area contributed by atoms with Crippen LogP contribution in [-0.4, -0.2) is 18.5 Å². The summed E-state index contributed by atoms with van der Waals surface area (Å²) >= 11 is 0. The first-order chi connectivity index (χ1) is 15.1. The predicted molar refractivity (Wildman–Crippen MR) is 122 cm³/mol. The Bertz CT molecular complexity index is 859. The third-order valence-electron chi connectivity index (χ3n) is 6.10. The van der Waals surface area contributed by atoms with Crippen molar-refractivity contribution < 1.29 is 19.1 Å². The number of carbonyl (C=O) groups is 2. The van der Waals surface area contributed by atoms with Gasteiger partial charge in [0.1, 0.15) is 5.75 Å². The molecule has 0 atom stereocenters. The summed E-state index contributed by atoms with van der Waals surface area (Å²) in [6.45, 7) is 5.91. The summed E-state index contributed by atoms with van der Waals surface area (Å²) in [6.07, 6.45) is 9.50. The fraction of sp³-hybridized carbons (Fsp3) is 0.407. The summed E-state index contributed by atoms with van der Waals surface area (Å²) in [5.74, 6) is 1.27. The highest BCUT2D eigenvalue weighted by atomic mass is 16.5. The molecule has 0 unspecified atom stereocenters. The summed E-state index contributed by atoms with van der Waals surface area (Å²) in [6, 6.07) is 15.1. The summed E-state index contributed by atoms with van der Waals surface area (Å²) < 4.78 is 10.5. The topological polar surface area (TPSA) is 52.6 Å². The van der Waals surface area contributed by atoms with E-state index in [1.165, 1.54) is 44.1 Å². The maximum Gasteiger partial charge on any atom is 0.343 e. The van der Waals surface area contributed by atoms with Gasteiger partial charge < -0.3 is 9.47 Å². The number of carbonyl (C=O) groups excluding carboxylic acids is 2. The highest BCUT2D eigenvalue weighted by Crippen LogP contribution is 2.37. The van der Waals surface area contributed by atoms with Gasteiger partial charge >= 0.3 is 11.9 Å². The van der Waals surface area contributed by atoms with Crippen molar-refractivity contribution >= 4 is 11.9 Å². The molecule has 0 heterocycles. The quantitative estimate of drug-likeness (QED) is 0.273. The van der Waals surface area contributed by atoms with E-state index >= 15 is 0 Å². The molecule has 164 valence electrons. The normalized spacial score (nSPS) is 18.2. The highest BCUT2D eigenvalue weighted by Gasteiger charge is 2.21. The Morgan fingerprint density at radius 1 is 1.00 bits per heavy atom. The zero-order valence-corrected chi connectivity index (χ0v) is 18.3. The lowest BCUT2D eigenvalue weighted by molar-refractivity contribution is -0.137. The van der Waals surface area contributed by atoms with Crippen molar-refractivity contribution in [2.24, 2.45) is 5.92 Å². The van der Waals surface area contributed by atoms with Gasteiger partial charge in [-0.1, -0.05) is 50.6 Å². The SMILES string of the molecule is C=CC(=O)OCCc1ccc(C(=O)Oc2ccc(C3CCC(CCC)CC3)cc2)cc1. The zero-order chi connectivity index (χ0) is 22.1. The Hall–Kier alpha value is -2.88. The van der Waals surface area contributed by atoms with Crippen LogP contribution in [0.15, 0.2) is 61.2 Å². The second kappa shape index (κ2) is 11.5. The molecular formula is C27H32O4. The van der Waals surface area contributed by atoms with Gasteiger partial charge in [0.25, 0.3) is 0 Å². The van der Waals surface area contributed by atoms with Gasteiger partial charge in [-0.15, -0.1) is 0 Å². The summed E-state index contributed by atoms with van der Waals surface area (Å²) in [4.78, 5) is 23.5. The largest absolute Gasteiger partial charge is 0.462 e. The molecule has 0 N–H and O–H groups in total. The molecule has 0 radical (unpaired) electrons. The molecule has 4 heteroatoms. The molecule has 2 aromatic rings. The highest BCUT2D eigenvalue weighted by molar-refractivity contribution is 5.91. The van der Waals surface area contributed by atoms with Crippen molar-refractivity contribution in [3.8, 4) is 5.75 Å². The van der Waals surface area contributed by atoms with Crippen LogP contribution in [0.1, 0.15) is 72.9 Å². The van der Waals surface area contributed by atoms with E-state index in [4.69, 9.17) is 9.47 Å². The first kappa shape index (κ1) is 22.8. The molecule has 2 aromatic carbocycles. The monoisotopic (exact) mass is 420 g/mol. The van der Waals surface area contributed by atoms with E-state index in [2.05, 4.69) is 25.6 Å². The molecule has 0 aromatic heterocycles. The van der Waals surface area contributed by atoms with Crippen molar-refractivity contribution in [2.75, 3.05) is 6.61 Å². The second-order valence-corrected chi connectivity index (χ2v) is 8.28. The minimum Gasteiger partial charge on any atom is -0.462 e. The van der Waals surface area contributed by atoms with E-state index in [9.17, 15) is 9.59 Å². The van der Waals surface area contributed by atoms with E-state index in [-0.39, 0.29) is 12.6 Å². The van der Waals surface area contributed by atoms with Crippen molar-refractivity contribution in [3.63, 3.8) is 0 Å². The van der Waals surface area contributed by atoms with E-state index in [0.29, 0.717) is 23.7 Å². The van der Waals surface area contributed by atoms with E-state index < -0.39 is 5.97 Å². The van der Waals surface area contributed by atoms with E-state index in [1.807, 2.05) is 24.3 Å². The molecule has 0 spiro atoms. The first-order valence-corrected chi connectivity index (χ1v) is 11.3. The summed E-state index contributed by atoms with van der Waals surface area (Å²) in [5.41, 5.74) is 2.81. The van der Waals surface area contributed by atoms with Crippen LogP contribution in [0.4, 0.5) is 0 Å². The summed E-state index contributed by atoms with van der Waals surface area (Å²) in [5, 5.41) is 0. The van der Waals surface area contributed by atoms with Gasteiger partial charge in [-0.25, -0.2) is 9.59 Å². The van der Waals surface area contributed by atoms with Crippen LogP contribution >= 0.6 is 0 Å². The molecule has 0 amide bonds. The molecule has 0 bridgehead atoms. The number of esters is 2. The van der Waals surface area contributed by atoms with Gasteiger partial charge in [0.2, 0.25) is 0 Å². The molecule has 1 saturated carbocycles. The molecule has 3 rings (SSSR count). The molecule has 1 aliphatic carbocycles.